The molecule has 4 N–H and O–H groups in total. The summed E-state index contributed by atoms with van der Waals surface area (Å²) in [6.07, 6.45) is 3.25. The molecule has 0 radical (unpaired) electrons. The minimum Gasteiger partial charge on any atom is -0.361 e. The first-order valence-corrected chi connectivity index (χ1v) is 10.4. The summed E-state index contributed by atoms with van der Waals surface area (Å²) in [4.78, 5) is 29.0. The molecular formula is C20H27IN4O2. The molecule has 1 fully saturated rings. The number of amides is 2. The Morgan fingerprint density at radius 1 is 1.22 bits per heavy atom. The zero-order chi connectivity index (χ0) is 19.8. The summed E-state index contributed by atoms with van der Waals surface area (Å²) in [5.74, 6) is -0.134. The van der Waals surface area contributed by atoms with Crippen LogP contribution in [0.1, 0.15) is 39.7 Å². The van der Waals surface area contributed by atoms with Crippen LogP contribution in [0.25, 0.3) is 10.9 Å². The second kappa shape index (κ2) is 7.79. The average Bonchev–Trinajstić information content (AvgIpc) is 2.99. The molecule has 3 unspecified atom stereocenters. The van der Waals surface area contributed by atoms with Crippen molar-refractivity contribution >= 4 is 45.3 Å². The third-order valence-electron chi connectivity index (χ3n) is 5.23. The normalized spacial score (nSPS) is 24.0. The molecule has 7 heteroatoms. The fraction of sp³-hybridized carbons (Fsp3) is 0.500. The van der Waals surface area contributed by atoms with Crippen LogP contribution in [0.2, 0.25) is 0 Å². The van der Waals surface area contributed by atoms with E-state index in [-0.39, 0.29) is 23.8 Å². The van der Waals surface area contributed by atoms with Gasteiger partial charge in [0.2, 0.25) is 11.8 Å². The Morgan fingerprint density at radius 2 is 1.96 bits per heavy atom. The third kappa shape index (κ3) is 4.45. The van der Waals surface area contributed by atoms with Gasteiger partial charge in [0, 0.05) is 27.1 Å². The summed E-state index contributed by atoms with van der Waals surface area (Å²) in [6, 6.07) is 5.21. The molecule has 146 valence electrons. The Balaban J connectivity index is 1.88. The van der Waals surface area contributed by atoms with Crippen molar-refractivity contribution in [3.8, 4) is 0 Å². The Labute approximate surface area is 173 Å². The summed E-state index contributed by atoms with van der Waals surface area (Å²) in [7, 11) is 0. The molecule has 1 saturated heterocycles. The molecule has 1 aromatic heterocycles. The predicted molar refractivity (Wildman–Crippen MR) is 115 cm³/mol. The van der Waals surface area contributed by atoms with Gasteiger partial charge in [0.05, 0.1) is 11.7 Å². The zero-order valence-corrected chi connectivity index (χ0v) is 18.3. The number of carbonyl (C=O) groups is 2. The standard InChI is InChI=1S/C20H27IN4O2/c1-5-11(2)17-19(27)23-16(18(26)25-20(3,4)24-17)8-12-10-22-15-9-13(21)6-7-14(12)15/h6-7,9-11,16-17,22,24H,5,8H2,1-4H3,(H,23,27)(H,25,26). The number of fused-ring (bicyclic) bond motifs is 1. The van der Waals surface area contributed by atoms with E-state index in [4.69, 9.17) is 0 Å². The Morgan fingerprint density at radius 3 is 2.67 bits per heavy atom. The van der Waals surface area contributed by atoms with Gasteiger partial charge in [-0.15, -0.1) is 0 Å². The van der Waals surface area contributed by atoms with E-state index >= 15 is 0 Å². The lowest BCUT2D eigenvalue weighted by Gasteiger charge is -2.39. The fourth-order valence-corrected chi connectivity index (χ4v) is 4.03. The molecule has 1 aromatic carbocycles. The fourth-order valence-electron chi connectivity index (χ4n) is 3.54. The van der Waals surface area contributed by atoms with Crippen LogP contribution in [0.3, 0.4) is 0 Å². The largest absolute Gasteiger partial charge is 0.361 e. The molecule has 27 heavy (non-hydrogen) atoms. The van der Waals surface area contributed by atoms with E-state index in [2.05, 4.69) is 62.6 Å². The van der Waals surface area contributed by atoms with Gasteiger partial charge in [-0.25, -0.2) is 0 Å². The van der Waals surface area contributed by atoms with Crippen molar-refractivity contribution < 1.29 is 9.59 Å². The van der Waals surface area contributed by atoms with E-state index < -0.39 is 11.7 Å². The van der Waals surface area contributed by atoms with E-state index in [0.717, 1.165) is 26.5 Å². The summed E-state index contributed by atoms with van der Waals surface area (Å²) in [6.45, 7) is 7.90. The van der Waals surface area contributed by atoms with Gasteiger partial charge < -0.3 is 15.6 Å². The van der Waals surface area contributed by atoms with Crippen LogP contribution in [0.5, 0.6) is 0 Å². The maximum Gasteiger partial charge on any atom is 0.244 e. The molecule has 0 saturated carbocycles. The van der Waals surface area contributed by atoms with Crippen LogP contribution in [-0.2, 0) is 16.0 Å². The molecule has 2 heterocycles. The highest BCUT2D eigenvalue weighted by Gasteiger charge is 2.37. The highest BCUT2D eigenvalue weighted by molar-refractivity contribution is 14.1. The first kappa shape index (κ1) is 20.1. The second-order valence-corrected chi connectivity index (χ2v) is 9.14. The number of benzene rings is 1. The Hall–Kier alpha value is -1.61. The molecule has 1 aliphatic rings. The van der Waals surface area contributed by atoms with E-state index in [1.54, 1.807) is 0 Å². The van der Waals surface area contributed by atoms with Crippen LogP contribution >= 0.6 is 22.6 Å². The number of aromatic amines is 1. The lowest BCUT2D eigenvalue weighted by molar-refractivity contribution is -0.135. The highest BCUT2D eigenvalue weighted by atomic mass is 127. The Kier molecular flexibility index (Phi) is 5.81. The molecule has 2 aromatic rings. The zero-order valence-electron chi connectivity index (χ0n) is 16.2. The van der Waals surface area contributed by atoms with Crippen LogP contribution in [0, 0.1) is 9.49 Å². The van der Waals surface area contributed by atoms with Gasteiger partial charge in [-0.05, 0) is 60.1 Å². The van der Waals surface area contributed by atoms with E-state index in [9.17, 15) is 9.59 Å². The van der Waals surface area contributed by atoms with Crippen molar-refractivity contribution in [3.63, 3.8) is 0 Å². The van der Waals surface area contributed by atoms with E-state index in [1.165, 1.54) is 0 Å². The van der Waals surface area contributed by atoms with Crippen molar-refractivity contribution in [2.24, 2.45) is 5.92 Å². The van der Waals surface area contributed by atoms with Crippen LogP contribution < -0.4 is 16.0 Å². The lowest BCUT2D eigenvalue weighted by Crippen LogP contribution is -2.69. The van der Waals surface area contributed by atoms with E-state index in [1.807, 2.05) is 33.0 Å². The summed E-state index contributed by atoms with van der Waals surface area (Å²) < 4.78 is 1.15. The van der Waals surface area contributed by atoms with Crippen LogP contribution in [0.15, 0.2) is 24.4 Å². The second-order valence-electron chi connectivity index (χ2n) is 7.89. The van der Waals surface area contributed by atoms with Crippen molar-refractivity contribution in [3.05, 3.63) is 33.5 Å². The summed E-state index contributed by atoms with van der Waals surface area (Å²) in [5, 5.41) is 10.4. The summed E-state index contributed by atoms with van der Waals surface area (Å²) >= 11 is 2.28. The maximum atomic E-state index is 12.9. The first-order chi connectivity index (χ1) is 12.7. The quantitative estimate of drug-likeness (QED) is 0.506. The SMILES string of the molecule is CCC(C)C1NC(C)(C)NC(=O)C(Cc2c[nH]c3cc(I)ccc23)NC1=O. The van der Waals surface area contributed by atoms with Gasteiger partial charge in [-0.3, -0.25) is 14.9 Å². The number of rotatable bonds is 4. The minimum absolute atomic E-state index is 0.119. The molecule has 0 spiro atoms. The van der Waals surface area contributed by atoms with Crippen molar-refractivity contribution in [1.29, 1.82) is 0 Å². The number of hydrogen-bond acceptors (Lipinski definition) is 3. The molecule has 3 atom stereocenters. The van der Waals surface area contributed by atoms with Gasteiger partial charge in [-0.1, -0.05) is 26.3 Å². The number of aromatic nitrogens is 1. The Bertz CT molecular complexity index is 861. The van der Waals surface area contributed by atoms with E-state index in [0.29, 0.717) is 6.42 Å². The lowest BCUT2D eigenvalue weighted by atomic mass is 9.94. The third-order valence-corrected chi connectivity index (χ3v) is 5.90. The minimum atomic E-state index is -0.655. The van der Waals surface area contributed by atoms with Gasteiger partial charge in [-0.2, -0.15) is 0 Å². The van der Waals surface area contributed by atoms with Crippen LogP contribution in [-0.4, -0.2) is 34.5 Å². The monoisotopic (exact) mass is 482 g/mol. The number of nitrogens with one attached hydrogen (secondary N) is 4. The smallest absolute Gasteiger partial charge is 0.244 e. The number of carbonyl (C=O) groups excluding carboxylic acids is 2. The average molecular weight is 482 g/mol. The van der Waals surface area contributed by atoms with Crippen LogP contribution in [0.4, 0.5) is 0 Å². The predicted octanol–water partition coefficient (Wildman–Crippen LogP) is 2.67. The maximum absolute atomic E-state index is 12.9. The van der Waals surface area contributed by atoms with Crippen molar-refractivity contribution in [2.75, 3.05) is 0 Å². The van der Waals surface area contributed by atoms with Gasteiger partial charge >= 0.3 is 0 Å². The topological polar surface area (TPSA) is 86.0 Å². The molecule has 1 aliphatic heterocycles. The highest BCUT2D eigenvalue weighted by Crippen LogP contribution is 2.22. The molecule has 0 bridgehead atoms. The molecular weight excluding hydrogens is 455 g/mol. The summed E-state index contributed by atoms with van der Waals surface area (Å²) in [5.41, 5.74) is 1.40. The molecule has 0 aliphatic carbocycles. The van der Waals surface area contributed by atoms with Gasteiger partial charge in [0.15, 0.2) is 0 Å². The molecule has 6 nitrogen and oxygen atoms in total. The van der Waals surface area contributed by atoms with Gasteiger partial charge in [0.1, 0.15) is 6.04 Å². The molecule has 3 rings (SSSR count). The number of H-pyrrole nitrogens is 1. The van der Waals surface area contributed by atoms with Gasteiger partial charge in [0.25, 0.3) is 0 Å². The number of halogens is 1. The van der Waals surface area contributed by atoms with Crippen molar-refractivity contribution in [1.82, 2.24) is 20.9 Å². The first-order valence-electron chi connectivity index (χ1n) is 9.36. The molecule has 2 amide bonds. The number of hydrogen-bond donors (Lipinski definition) is 4. The van der Waals surface area contributed by atoms with Crippen molar-refractivity contribution in [2.45, 2.75) is 58.3 Å².